The highest BCUT2D eigenvalue weighted by Gasteiger charge is 2.47. The molecule has 0 saturated carbocycles. The fourth-order valence-corrected chi connectivity index (χ4v) is 3.43. The Balaban J connectivity index is 1.73. The first-order chi connectivity index (χ1) is 11.1. The molecule has 1 amide bonds. The zero-order valence-electron chi connectivity index (χ0n) is 11.8. The minimum atomic E-state index is -0.640. The van der Waals surface area contributed by atoms with Crippen LogP contribution in [-0.4, -0.2) is 18.7 Å². The number of hydrogen-bond acceptors (Lipinski definition) is 4. The lowest BCUT2D eigenvalue weighted by atomic mass is 9.88. The smallest absolute Gasteiger partial charge is 0.247 e. The average Bonchev–Trinajstić information content (AvgIpc) is 3.00. The van der Waals surface area contributed by atoms with Crippen molar-refractivity contribution in [2.24, 2.45) is 5.73 Å². The van der Waals surface area contributed by atoms with Crippen LogP contribution in [0.4, 0.5) is 5.69 Å². The standard InChI is InChI=1S/C16H12Cl2N2O3/c17-8-1-3-10(11(18)5-8)15-14(19)16(21)20(15)9-2-4-12-13(6-9)23-7-22-12/h1-6,14-15H,7,19H2/t14-,15+/m1/s1. The predicted molar refractivity (Wildman–Crippen MR) is 87.2 cm³/mol. The van der Waals surface area contributed by atoms with Crippen molar-refractivity contribution in [2.45, 2.75) is 12.1 Å². The molecule has 2 N–H and O–H groups in total. The van der Waals surface area contributed by atoms with Gasteiger partial charge in [0.15, 0.2) is 11.5 Å². The minimum Gasteiger partial charge on any atom is -0.454 e. The van der Waals surface area contributed by atoms with E-state index in [2.05, 4.69) is 0 Å². The third-order valence-corrected chi connectivity index (χ3v) is 4.62. The van der Waals surface area contributed by atoms with Gasteiger partial charge in [0.05, 0.1) is 6.04 Å². The quantitative estimate of drug-likeness (QED) is 0.845. The molecule has 2 atom stereocenters. The predicted octanol–water partition coefficient (Wildman–Crippen LogP) is 3.14. The number of nitrogens with zero attached hydrogens (tertiary/aromatic N) is 1. The van der Waals surface area contributed by atoms with Crippen LogP contribution in [0.1, 0.15) is 11.6 Å². The Bertz CT molecular complexity index is 812. The van der Waals surface area contributed by atoms with Crippen molar-refractivity contribution in [3.63, 3.8) is 0 Å². The molecular weight excluding hydrogens is 339 g/mol. The molecular formula is C16H12Cl2N2O3. The van der Waals surface area contributed by atoms with Crippen LogP contribution in [0.15, 0.2) is 36.4 Å². The fourth-order valence-electron chi connectivity index (χ4n) is 2.91. The summed E-state index contributed by atoms with van der Waals surface area (Å²) in [6.07, 6.45) is 0. The number of β-lactam (4-membered cyclic amide) rings is 1. The van der Waals surface area contributed by atoms with E-state index >= 15 is 0 Å². The van der Waals surface area contributed by atoms with Gasteiger partial charge >= 0.3 is 0 Å². The molecule has 5 nitrogen and oxygen atoms in total. The summed E-state index contributed by atoms with van der Waals surface area (Å²) in [5.74, 6) is 1.10. The summed E-state index contributed by atoms with van der Waals surface area (Å²) in [5.41, 5.74) is 7.46. The third-order valence-electron chi connectivity index (χ3n) is 4.06. The summed E-state index contributed by atoms with van der Waals surface area (Å²) < 4.78 is 10.7. The monoisotopic (exact) mass is 350 g/mol. The van der Waals surface area contributed by atoms with Gasteiger partial charge in [-0.25, -0.2) is 0 Å². The second-order valence-corrected chi connectivity index (χ2v) is 6.23. The fraction of sp³-hybridized carbons (Fsp3) is 0.188. The molecule has 4 rings (SSSR count). The number of carbonyl (C=O) groups excluding carboxylic acids is 1. The molecule has 118 valence electrons. The van der Waals surface area contributed by atoms with Crippen LogP contribution in [0.2, 0.25) is 10.0 Å². The van der Waals surface area contributed by atoms with E-state index in [0.29, 0.717) is 27.2 Å². The molecule has 0 bridgehead atoms. The van der Waals surface area contributed by atoms with Crippen LogP contribution in [0.5, 0.6) is 11.5 Å². The normalized spacial score (nSPS) is 22.2. The minimum absolute atomic E-state index is 0.167. The zero-order valence-corrected chi connectivity index (χ0v) is 13.3. The first-order valence-corrected chi connectivity index (χ1v) is 7.75. The Kier molecular flexibility index (Phi) is 3.37. The Labute approximate surface area is 142 Å². The van der Waals surface area contributed by atoms with Crippen LogP contribution < -0.4 is 20.1 Å². The van der Waals surface area contributed by atoms with Gasteiger partial charge in [0.25, 0.3) is 0 Å². The number of rotatable bonds is 2. The second-order valence-electron chi connectivity index (χ2n) is 5.38. The summed E-state index contributed by atoms with van der Waals surface area (Å²) in [5, 5.41) is 1.02. The maximum atomic E-state index is 12.3. The molecule has 2 aliphatic rings. The van der Waals surface area contributed by atoms with Gasteiger partial charge in [-0.15, -0.1) is 0 Å². The van der Waals surface area contributed by atoms with E-state index in [1.165, 1.54) is 0 Å². The molecule has 7 heteroatoms. The third kappa shape index (κ3) is 2.24. The van der Waals surface area contributed by atoms with E-state index in [1.807, 2.05) is 0 Å². The summed E-state index contributed by atoms with van der Waals surface area (Å²) >= 11 is 12.2. The molecule has 2 aliphatic heterocycles. The zero-order chi connectivity index (χ0) is 16.1. The molecule has 0 aromatic heterocycles. The molecule has 2 heterocycles. The molecule has 1 fully saturated rings. The van der Waals surface area contributed by atoms with Gasteiger partial charge in [0.2, 0.25) is 12.7 Å². The summed E-state index contributed by atoms with van der Waals surface area (Å²) in [6.45, 7) is 0.179. The van der Waals surface area contributed by atoms with E-state index < -0.39 is 6.04 Å². The van der Waals surface area contributed by atoms with Crippen molar-refractivity contribution in [1.82, 2.24) is 0 Å². The molecule has 0 radical (unpaired) electrons. The summed E-state index contributed by atoms with van der Waals surface area (Å²) in [4.78, 5) is 13.9. The Morgan fingerprint density at radius 2 is 1.87 bits per heavy atom. The topological polar surface area (TPSA) is 64.8 Å². The van der Waals surface area contributed by atoms with Gasteiger partial charge in [-0.2, -0.15) is 0 Å². The number of benzene rings is 2. The first kappa shape index (κ1) is 14.6. The molecule has 0 aliphatic carbocycles. The van der Waals surface area contributed by atoms with Crippen LogP contribution >= 0.6 is 23.2 Å². The molecule has 1 saturated heterocycles. The van der Waals surface area contributed by atoms with Gasteiger partial charge in [0, 0.05) is 21.8 Å². The average molecular weight is 351 g/mol. The molecule has 2 aromatic carbocycles. The van der Waals surface area contributed by atoms with Crippen LogP contribution in [0, 0.1) is 0 Å². The van der Waals surface area contributed by atoms with Gasteiger partial charge < -0.3 is 20.1 Å². The lowest BCUT2D eigenvalue weighted by Crippen LogP contribution is -2.63. The maximum absolute atomic E-state index is 12.3. The summed E-state index contributed by atoms with van der Waals surface area (Å²) in [6, 6.07) is 9.53. The lowest BCUT2D eigenvalue weighted by Gasteiger charge is -2.45. The highest BCUT2D eigenvalue weighted by molar-refractivity contribution is 6.35. The van der Waals surface area contributed by atoms with Crippen molar-refractivity contribution in [2.75, 3.05) is 11.7 Å². The second kappa shape index (κ2) is 5.30. The molecule has 0 spiro atoms. The lowest BCUT2D eigenvalue weighted by molar-refractivity contribution is -0.126. The number of carbonyl (C=O) groups is 1. The van der Waals surface area contributed by atoms with Crippen molar-refractivity contribution in [3.05, 3.63) is 52.0 Å². The molecule has 0 unspecified atom stereocenters. The van der Waals surface area contributed by atoms with Crippen molar-refractivity contribution in [3.8, 4) is 11.5 Å². The van der Waals surface area contributed by atoms with Gasteiger partial charge in [0.1, 0.15) is 6.04 Å². The Hall–Kier alpha value is -1.95. The number of fused-ring (bicyclic) bond motifs is 1. The van der Waals surface area contributed by atoms with E-state index in [1.54, 1.807) is 41.3 Å². The number of nitrogens with two attached hydrogens (primary N) is 1. The highest BCUT2D eigenvalue weighted by Crippen LogP contribution is 2.44. The van der Waals surface area contributed by atoms with E-state index in [9.17, 15) is 4.79 Å². The SMILES string of the molecule is N[C@H]1C(=O)N(c2ccc3c(c2)OCO3)[C@H]1c1ccc(Cl)cc1Cl. The number of amides is 1. The van der Waals surface area contributed by atoms with Gasteiger partial charge in [-0.05, 0) is 29.8 Å². The Morgan fingerprint density at radius 3 is 2.65 bits per heavy atom. The molecule has 2 aromatic rings. The van der Waals surface area contributed by atoms with Gasteiger partial charge in [-0.3, -0.25) is 4.79 Å². The Morgan fingerprint density at radius 1 is 1.09 bits per heavy atom. The largest absolute Gasteiger partial charge is 0.454 e. The maximum Gasteiger partial charge on any atom is 0.247 e. The van der Waals surface area contributed by atoms with Crippen LogP contribution in [0.25, 0.3) is 0 Å². The van der Waals surface area contributed by atoms with E-state index in [4.69, 9.17) is 38.4 Å². The van der Waals surface area contributed by atoms with Crippen molar-refractivity contribution < 1.29 is 14.3 Å². The summed E-state index contributed by atoms with van der Waals surface area (Å²) in [7, 11) is 0. The highest BCUT2D eigenvalue weighted by atomic mass is 35.5. The van der Waals surface area contributed by atoms with Gasteiger partial charge in [-0.1, -0.05) is 29.3 Å². The van der Waals surface area contributed by atoms with E-state index in [-0.39, 0.29) is 18.7 Å². The van der Waals surface area contributed by atoms with E-state index in [0.717, 1.165) is 5.56 Å². The van der Waals surface area contributed by atoms with Crippen LogP contribution in [-0.2, 0) is 4.79 Å². The van der Waals surface area contributed by atoms with Crippen molar-refractivity contribution in [1.29, 1.82) is 0 Å². The number of hydrogen-bond donors (Lipinski definition) is 1. The van der Waals surface area contributed by atoms with Crippen molar-refractivity contribution >= 4 is 34.8 Å². The molecule has 23 heavy (non-hydrogen) atoms. The van der Waals surface area contributed by atoms with Crippen LogP contribution in [0.3, 0.4) is 0 Å². The number of halogens is 2. The number of anilines is 1. The number of ether oxygens (including phenoxy) is 2. The first-order valence-electron chi connectivity index (χ1n) is 6.99.